The molecule has 0 aromatic heterocycles. The molecule has 0 aromatic carbocycles. The minimum atomic E-state index is -3.10. The molecule has 0 aliphatic carbocycles. The number of aliphatic carboxylic acids is 1. The predicted molar refractivity (Wildman–Crippen MR) is 40.9 cm³/mol. The van der Waals surface area contributed by atoms with Gasteiger partial charge in [-0.25, -0.2) is 8.42 Å². The van der Waals surface area contributed by atoms with Crippen molar-refractivity contribution in [2.24, 2.45) is 0 Å². The smallest absolute Gasteiger partial charge is 0.303 e. The van der Waals surface area contributed by atoms with E-state index in [1.807, 2.05) is 0 Å². The van der Waals surface area contributed by atoms with Crippen LogP contribution in [0.4, 0.5) is 0 Å². The summed E-state index contributed by atoms with van der Waals surface area (Å²) in [4.78, 5) is 9.94. The fourth-order valence-corrected chi connectivity index (χ4v) is 0.935. The van der Waals surface area contributed by atoms with E-state index < -0.39 is 15.8 Å². The van der Waals surface area contributed by atoms with Gasteiger partial charge in [-0.15, -0.1) is 0 Å². The number of allylic oxidation sites excluding steroid dienone is 1. The first kappa shape index (κ1) is 10.2. The van der Waals surface area contributed by atoms with E-state index in [0.29, 0.717) is 0 Å². The van der Waals surface area contributed by atoms with E-state index in [1.54, 1.807) is 0 Å². The molecule has 1 N–H and O–H groups in total. The van der Waals surface area contributed by atoms with Crippen LogP contribution >= 0.6 is 0 Å². The van der Waals surface area contributed by atoms with Crippen molar-refractivity contribution in [3.8, 4) is 0 Å². The van der Waals surface area contributed by atoms with Gasteiger partial charge in [0, 0.05) is 18.1 Å². The second-order valence-electron chi connectivity index (χ2n) is 2.13. The average Bonchev–Trinajstić information content (AvgIpc) is 1.78. The first-order valence-electron chi connectivity index (χ1n) is 3.00. The van der Waals surface area contributed by atoms with Crippen molar-refractivity contribution in [1.82, 2.24) is 0 Å². The quantitative estimate of drug-likeness (QED) is 0.676. The molecule has 0 amide bonds. The van der Waals surface area contributed by atoms with Gasteiger partial charge in [0.15, 0.2) is 9.84 Å². The summed E-state index contributed by atoms with van der Waals surface area (Å²) in [7, 11) is -3.10. The molecule has 11 heavy (non-hydrogen) atoms. The lowest BCUT2D eigenvalue weighted by Gasteiger charge is -1.86. The molecule has 0 aromatic rings. The van der Waals surface area contributed by atoms with E-state index in [0.717, 1.165) is 11.7 Å². The predicted octanol–water partition coefficient (Wildman–Crippen LogP) is 0.410. The number of carboxylic acid groups (broad SMARTS) is 1. The van der Waals surface area contributed by atoms with Gasteiger partial charge >= 0.3 is 5.97 Å². The van der Waals surface area contributed by atoms with Crippen molar-refractivity contribution in [2.75, 3.05) is 6.26 Å². The average molecular weight is 178 g/mol. The zero-order valence-electron chi connectivity index (χ0n) is 6.15. The molecule has 0 saturated carbocycles. The van der Waals surface area contributed by atoms with Crippen molar-refractivity contribution < 1.29 is 18.3 Å². The van der Waals surface area contributed by atoms with E-state index in [-0.39, 0.29) is 12.8 Å². The minimum Gasteiger partial charge on any atom is -0.481 e. The second kappa shape index (κ2) is 4.12. The lowest BCUT2D eigenvalue weighted by Crippen LogP contribution is -1.93. The van der Waals surface area contributed by atoms with Gasteiger partial charge in [0.1, 0.15) is 0 Å². The topological polar surface area (TPSA) is 71.4 Å². The molecule has 0 fully saturated rings. The summed E-state index contributed by atoms with van der Waals surface area (Å²) in [6.07, 6.45) is 2.61. The normalized spacial score (nSPS) is 12.1. The van der Waals surface area contributed by atoms with Gasteiger partial charge in [-0.1, -0.05) is 6.08 Å². The monoisotopic (exact) mass is 178 g/mol. The van der Waals surface area contributed by atoms with E-state index in [1.165, 1.54) is 6.08 Å². The number of sulfone groups is 1. The van der Waals surface area contributed by atoms with Crippen LogP contribution in [0.3, 0.4) is 0 Å². The fourth-order valence-electron chi connectivity index (χ4n) is 0.450. The third-order valence-electron chi connectivity index (χ3n) is 0.868. The van der Waals surface area contributed by atoms with Gasteiger partial charge < -0.3 is 5.11 Å². The molecule has 0 spiro atoms. The Hall–Kier alpha value is -0.840. The highest BCUT2D eigenvalue weighted by Crippen LogP contribution is 1.93. The van der Waals surface area contributed by atoms with Crippen LogP contribution in [0.1, 0.15) is 12.8 Å². The number of hydrogen-bond donors (Lipinski definition) is 1. The summed E-state index contributed by atoms with van der Waals surface area (Å²) in [5.41, 5.74) is 0. The third kappa shape index (κ3) is 9.16. The first-order chi connectivity index (χ1) is 4.92. The Morgan fingerprint density at radius 2 is 2.09 bits per heavy atom. The summed E-state index contributed by atoms with van der Waals surface area (Å²) in [6, 6.07) is 0. The van der Waals surface area contributed by atoms with E-state index in [2.05, 4.69) is 0 Å². The van der Waals surface area contributed by atoms with Crippen LogP contribution in [0, 0.1) is 0 Å². The minimum absolute atomic E-state index is 0.0357. The molecule has 4 nitrogen and oxygen atoms in total. The van der Waals surface area contributed by atoms with Crippen molar-refractivity contribution in [3.63, 3.8) is 0 Å². The lowest BCUT2D eigenvalue weighted by atomic mass is 10.3. The van der Waals surface area contributed by atoms with Crippen LogP contribution in [-0.4, -0.2) is 25.7 Å². The van der Waals surface area contributed by atoms with Crippen LogP contribution < -0.4 is 0 Å². The van der Waals surface area contributed by atoms with E-state index in [4.69, 9.17) is 5.11 Å². The Morgan fingerprint density at radius 3 is 2.45 bits per heavy atom. The van der Waals surface area contributed by atoms with Gasteiger partial charge in [-0.2, -0.15) is 0 Å². The van der Waals surface area contributed by atoms with Gasteiger partial charge in [-0.3, -0.25) is 4.79 Å². The van der Waals surface area contributed by atoms with Crippen molar-refractivity contribution in [3.05, 3.63) is 11.5 Å². The molecule has 0 heterocycles. The van der Waals surface area contributed by atoms with Gasteiger partial charge in [0.2, 0.25) is 0 Å². The van der Waals surface area contributed by atoms with Crippen LogP contribution in [0.5, 0.6) is 0 Å². The summed E-state index contributed by atoms with van der Waals surface area (Å²) in [5.74, 6) is -0.928. The fraction of sp³-hybridized carbons (Fsp3) is 0.500. The maximum Gasteiger partial charge on any atom is 0.303 e. The molecule has 0 unspecified atom stereocenters. The first-order valence-corrected chi connectivity index (χ1v) is 4.95. The zero-order valence-corrected chi connectivity index (χ0v) is 6.97. The lowest BCUT2D eigenvalue weighted by molar-refractivity contribution is -0.136. The highest BCUT2D eigenvalue weighted by atomic mass is 32.2. The van der Waals surface area contributed by atoms with E-state index >= 15 is 0 Å². The van der Waals surface area contributed by atoms with Crippen LogP contribution in [0.15, 0.2) is 11.5 Å². The molecule has 0 radical (unpaired) electrons. The number of rotatable bonds is 4. The number of carboxylic acids is 1. The molecule has 0 aliphatic rings. The molecule has 64 valence electrons. The number of hydrogen-bond acceptors (Lipinski definition) is 3. The summed E-state index contributed by atoms with van der Waals surface area (Å²) >= 11 is 0. The summed E-state index contributed by atoms with van der Waals surface area (Å²) in [5, 5.41) is 9.17. The molecule has 0 aliphatic heterocycles. The van der Waals surface area contributed by atoms with Crippen molar-refractivity contribution in [2.45, 2.75) is 12.8 Å². The van der Waals surface area contributed by atoms with Gasteiger partial charge in [0.25, 0.3) is 0 Å². The summed E-state index contributed by atoms with van der Waals surface area (Å²) in [6.45, 7) is 0. The standard InChI is InChI=1S/C6H10O4S/c1-11(9,10)5-3-2-4-6(7)8/h3,5H,2,4H2,1H3,(H,7,8). The van der Waals surface area contributed by atoms with Crippen LogP contribution in [0.2, 0.25) is 0 Å². The Kier molecular flexibility index (Phi) is 3.81. The van der Waals surface area contributed by atoms with Crippen LogP contribution in [0.25, 0.3) is 0 Å². The Bertz CT molecular complexity index is 250. The van der Waals surface area contributed by atoms with E-state index in [9.17, 15) is 13.2 Å². The number of carbonyl (C=O) groups is 1. The zero-order chi connectivity index (χ0) is 8.91. The highest BCUT2D eigenvalue weighted by molar-refractivity contribution is 7.93. The second-order valence-corrected chi connectivity index (χ2v) is 4.06. The Balaban J connectivity index is 3.72. The molecule has 5 heteroatoms. The van der Waals surface area contributed by atoms with Gasteiger partial charge in [-0.05, 0) is 6.42 Å². The summed E-state index contributed by atoms with van der Waals surface area (Å²) < 4.78 is 20.9. The molecular formula is C6H10O4S. The molecule has 0 rings (SSSR count). The SMILES string of the molecule is CS(=O)(=O)C=CCCC(=O)O. The molecular weight excluding hydrogens is 168 g/mol. The molecule has 0 bridgehead atoms. The molecule has 0 saturated heterocycles. The maximum atomic E-state index is 10.4. The Morgan fingerprint density at radius 1 is 1.55 bits per heavy atom. The third-order valence-corrected chi connectivity index (χ3v) is 1.56. The van der Waals surface area contributed by atoms with Crippen molar-refractivity contribution >= 4 is 15.8 Å². The van der Waals surface area contributed by atoms with Gasteiger partial charge in [0.05, 0.1) is 0 Å². The van der Waals surface area contributed by atoms with Crippen LogP contribution in [-0.2, 0) is 14.6 Å². The largest absolute Gasteiger partial charge is 0.481 e. The highest BCUT2D eigenvalue weighted by Gasteiger charge is 1.94. The maximum absolute atomic E-state index is 10.4. The Labute approximate surface area is 65.5 Å². The molecule has 0 atom stereocenters. The van der Waals surface area contributed by atoms with Crippen molar-refractivity contribution in [1.29, 1.82) is 0 Å².